The van der Waals surface area contributed by atoms with Gasteiger partial charge in [0.25, 0.3) is 0 Å². The maximum absolute atomic E-state index is 6.08. The van der Waals surface area contributed by atoms with E-state index in [2.05, 4.69) is 28.1 Å². The molecular weight excluding hydrogens is 254 g/mol. The van der Waals surface area contributed by atoms with Gasteiger partial charge in [0.1, 0.15) is 5.76 Å². The second-order valence-electron chi connectivity index (χ2n) is 3.56. The van der Waals surface area contributed by atoms with Gasteiger partial charge in [-0.05, 0) is 42.3 Å². The van der Waals surface area contributed by atoms with Gasteiger partial charge in [0.15, 0.2) is 0 Å². The van der Waals surface area contributed by atoms with Crippen LogP contribution in [0.1, 0.15) is 22.9 Å². The number of hydrogen-bond donors (Lipinski definition) is 1. The van der Waals surface area contributed by atoms with Crippen molar-refractivity contribution in [1.82, 2.24) is 0 Å². The standard InChI is InChI=1S/C12H12BrNO/c1-8-5-9(7-10(13)6-8)12(14)11-3-2-4-15-11/h2-7,12H,14H2,1H3. The molecule has 0 radical (unpaired) electrons. The van der Waals surface area contributed by atoms with Gasteiger partial charge in [0.2, 0.25) is 0 Å². The van der Waals surface area contributed by atoms with Gasteiger partial charge in [-0.15, -0.1) is 0 Å². The number of rotatable bonds is 2. The molecule has 1 unspecified atom stereocenters. The van der Waals surface area contributed by atoms with Crippen molar-refractivity contribution in [2.24, 2.45) is 5.73 Å². The number of benzene rings is 1. The van der Waals surface area contributed by atoms with Gasteiger partial charge in [-0.3, -0.25) is 0 Å². The molecule has 15 heavy (non-hydrogen) atoms. The fourth-order valence-corrected chi connectivity index (χ4v) is 2.20. The molecule has 0 saturated heterocycles. The fraction of sp³-hybridized carbons (Fsp3) is 0.167. The minimum absolute atomic E-state index is 0.198. The molecule has 2 nitrogen and oxygen atoms in total. The van der Waals surface area contributed by atoms with Crippen molar-refractivity contribution in [3.63, 3.8) is 0 Å². The molecule has 2 rings (SSSR count). The van der Waals surface area contributed by atoms with E-state index >= 15 is 0 Å². The predicted molar refractivity (Wildman–Crippen MR) is 63.6 cm³/mol. The monoisotopic (exact) mass is 265 g/mol. The van der Waals surface area contributed by atoms with Crippen molar-refractivity contribution in [3.05, 3.63) is 58.0 Å². The molecular formula is C12H12BrNO. The second-order valence-corrected chi connectivity index (χ2v) is 4.47. The number of furan rings is 1. The van der Waals surface area contributed by atoms with E-state index in [0.717, 1.165) is 15.8 Å². The summed E-state index contributed by atoms with van der Waals surface area (Å²) in [6.45, 7) is 2.04. The van der Waals surface area contributed by atoms with Crippen LogP contribution in [0.25, 0.3) is 0 Å². The smallest absolute Gasteiger partial charge is 0.124 e. The minimum atomic E-state index is -0.198. The Hall–Kier alpha value is -1.06. The Morgan fingerprint density at radius 3 is 2.73 bits per heavy atom. The molecule has 2 aromatic rings. The molecule has 1 aromatic heterocycles. The van der Waals surface area contributed by atoms with Crippen LogP contribution in [0.15, 0.2) is 45.5 Å². The summed E-state index contributed by atoms with van der Waals surface area (Å²) in [4.78, 5) is 0. The first-order valence-corrected chi connectivity index (χ1v) is 5.52. The van der Waals surface area contributed by atoms with Gasteiger partial charge < -0.3 is 10.2 Å². The Labute approximate surface area is 97.2 Å². The first-order chi connectivity index (χ1) is 7.16. The molecule has 0 saturated carbocycles. The Morgan fingerprint density at radius 2 is 2.13 bits per heavy atom. The largest absolute Gasteiger partial charge is 0.467 e. The van der Waals surface area contributed by atoms with E-state index in [0.29, 0.717) is 0 Å². The lowest BCUT2D eigenvalue weighted by molar-refractivity contribution is 0.489. The average molecular weight is 266 g/mol. The lowest BCUT2D eigenvalue weighted by Crippen LogP contribution is -2.11. The summed E-state index contributed by atoms with van der Waals surface area (Å²) in [7, 11) is 0. The zero-order chi connectivity index (χ0) is 10.8. The van der Waals surface area contributed by atoms with Crippen LogP contribution in [0.4, 0.5) is 0 Å². The Kier molecular flexibility index (Phi) is 2.93. The van der Waals surface area contributed by atoms with Crippen LogP contribution in [0.5, 0.6) is 0 Å². The molecule has 0 aliphatic rings. The summed E-state index contributed by atoms with van der Waals surface area (Å²) >= 11 is 3.46. The van der Waals surface area contributed by atoms with Crippen molar-refractivity contribution < 1.29 is 4.42 Å². The van der Waals surface area contributed by atoms with Crippen LogP contribution < -0.4 is 5.73 Å². The number of aryl methyl sites for hydroxylation is 1. The average Bonchev–Trinajstić information content (AvgIpc) is 2.67. The van der Waals surface area contributed by atoms with E-state index in [1.165, 1.54) is 5.56 Å². The molecule has 0 aliphatic heterocycles. The van der Waals surface area contributed by atoms with E-state index in [4.69, 9.17) is 10.2 Å². The van der Waals surface area contributed by atoms with Crippen LogP contribution in [0, 0.1) is 6.92 Å². The zero-order valence-corrected chi connectivity index (χ0v) is 9.99. The summed E-state index contributed by atoms with van der Waals surface area (Å²) in [5, 5.41) is 0. The Bertz CT molecular complexity index is 430. The fourth-order valence-electron chi connectivity index (χ4n) is 1.58. The second kappa shape index (κ2) is 4.21. The first kappa shape index (κ1) is 10.5. The summed E-state index contributed by atoms with van der Waals surface area (Å²) < 4.78 is 6.33. The first-order valence-electron chi connectivity index (χ1n) is 4.73. The third kappa shape index (κ3) is 2.30. The van der Waals surface area contributed by atoms with Crippen molar-refractivity contribution in [2.75, 3.05) is 0 Å². The van der Waals surface area contributed by atoms with Gasteiger partial charge >= 0.3 is 0 Å². The highest BCUT2D eigenvalue weighted by molar-refractivity contribution is 9.10. The SMILES string of the molecule is Cc1cc(Br)cc(C(N)c2ccco2)c1. The van der Waals surface area contributed by atoms with Gasteiger partial charge in [-0.1, -0.05) is 22.0 Å². The van der Waals surface area contributed by atoms with Crippen molar-refractivity contribution >= 4 is 15.9 Å². The molecule has 0 aliphatic carbocycles. The third-order valence-electron chi connectivity index (χ3n) is 2.27. The highest BCUT2D eigenvalue weighted by Gasteiger charge is 2.12. The van der Waals surface area contributed by atoms with E-state index < -0.39 is 0 Å². The van der Waals surface area contributed by atoms with Crippen molar-refractivity contribution in [1.29, 1.82) is 0 Å². The molecule has 78 valence electrons. The number of nitrogens with two attached hydrogens (primary N) is 1. The van der Waals surface area contributed by atoms with Gasteiger partial charge in [0.05, 0.1) is 12.3 Å². The van der Waals surface area contributed by atoms with Crippen LogP contribution >= 0.6 is 15.9 Å². The molecule has 0 bridgehead atoms. The molecule has 0 fully saturated rings. The van der Waals surface area contributed by atoms with Crippen molar-refractivity contribution in [2.45, 2.75) is 13.0 Å². The summed E-state index contributed by atoms with van der Waals surface area (Å²) in [6.07, 6.45) is 1.64. The number of halogens is 1. The molecule has 1 aromatic carbocycles. The Balaban J connectivity index is 2.37. The minimum Gasteiger partial charge on any atom is -0.467 e. The molecule has 1 heterocycles. The zero-order valence-electron chi connectivity index (χ0n) is 8.41. The lowest BCUT2D eigenvalue weighted by atomic mass is 10.0. The molecule has 1 atom stereocenters. The summed E-state index contributed by atoms with van der Waals surface area (Å²) in [5.74, 6) is 0.785. The maximum atomic E-state index is 6.08. The topological polar surface area (TPSA) is 39.2 Å². The number of hydrogen-bond acceptors (Lipinski definition) is 2. The van der Waals surface area contributed by atoms with Crippen LogP contribution in [-0.4, -0.2) is 0 Å². The summed E-state index contributed by atoms with van der Waals surface area (Å²) in [5.41, 5.74) is 8.32. The lowest BCUT2D eigenvalue weighted by Gasteiger charge is -2.10. The highest BCUT2D eigenvalue weighted by atomic mass is 79.9. The molecule has 0 amide bonds. The van der Waals surface area contributed by atoms with Crippen molar-refractivity contribution in [3.8, 4) is 0 Å². The summed E-state index contributed by atoms with van der Waals surface area (Å²) in [6, 6.07) is 9.67. The van der Waals surface area contributed by atoms with E-state index in [9.17, 15) is 0 Å². The maximum Gasteiger partial charge on any atom is 0.124 e. The van der Waals surface area contributed by atoms with Crippen LogP contribution in [0.2, 0.25) is 0 Å². The predicted octanol–water partition coefficient (Wildman–Crippen LogP) is 3.40. The van der Waals surface area contributed by atoms with E-state index in [-0.39, 0.29) is 6.04 Å². The molecule has 0 spiro atoms. The Morgan fingerprint density at radius 1 is 1.33 bits per heavy atom. The molecule has 2 N–H and O–H groups in total. The molecule has 3 heteroatoms. The van der Waals surface area contributed by atoms with Crippen LogP contribution in [0.3, 0.4) is 0 Å². The van der Waals surface area contributed by atoms with Crippen LogP contribution in [-0.2, 0) is 0 Å². The van der Waals surface area contributed by atoms with E-state index in [1.54, 1.807) is 6.26 Å². The van der Waals surface area contributed by atoms with Gasteiger partial charge in [-0.2, -0.15) is 0 Å². The third-order valence-corrected chi connectivity index (χ3v) is 2.73. The quantitative estimate of drug-likeness (QED) is 0.904. The van der Waals surface area contributed by atoms with Gasteiger partial charge in [-0.25, -0.2) is 0 Å². The normalized spacial score (nSPS) is 12.7. The van der Waals surface area contributed by atoms with Gasteiger partial charge in [0, 0.05) is 4.47 Å². The highest BCUT2D eigenvalue weighted by Crippen LogP contribution is 2.24. The van der Waals surface area contributed by atoms with E-state index in [1.807, 2.05) is 25.1 Å².